The number of hydrogen-bond acceptors (Lipinski definition) is 2. The Morgan fingerprint density at radius 3 is 2.62 bits per heavy atom. The molecule has 0 saturated carbocycles. The summed E-state index contributed by atoms with van der Waals surface area (Å²) in [6.45, 7) is 4.59. The first-order valence-corrected chi connectivity index (χ1v) is 10.2. The van der Waals surface area contributed by atoms with Crippen LogP contribution in [0.4, 0.5) is 5.69 Å². The van der Waals surface area contributed by atoms with Gasteiger partial charge in [-0.05, 0) is 43.7 Å². The predicted molar refractivity (Wildman–Crippen MR) is 110 cm³/mol. The molecule has 0 fully saturated rings. The Kier molecular flexibility index (Phi) is 4.58. The lowest BCUT2D eigenvalue weighted by molar-refractivity contribution is -0.150. The van der Waals surface area contributed by atoms with E-state index < -0.39 is 5.60 Å². The van der Waals surface area contributed by atoms with Crippen molar-refractivity contribution in [1.82, 2.24) is 0 Å². The van der Waals surface area contributed by atoms with Crippen molar-refractivity contribution in [1.29, 1.82) is 0 Å². The molecule has 2 atom stereocenters. The standard InChI is InChI=1S/C21H19Br2NO2/c1-13-10-14(2)26-21(11-13)19-17(23)4-3-5-18(19)24(20(21)25)12-15-6-8-16(22)9-7-15/h3-10,14H,11-12H2,1-2H3/t14-,21?/m1/s1. The first-order chi connectivity index (χ1) is 12.4. The smallest absolute Gasteiger partial charge is 0.264 e. The minimum absolute atomic E-state index is 0.0154. The fourth-order valence-corrected chi connectivity index (χ4v) is 4.96. The average Bonchev–Trinajstić information content (AvgIpc) is 2.79. The van der Waals surface area contributed by atoms with Gasteiger partial charge in [0.1, 0.15) is 0 Å². The van der Waals surface area contributed by atoms with Crippen LogP contribution in [0, 0.1) is 0 Å². The van der Waals surface area contributed by atoms with E-state index in [1.165, 1.54) is 5.57 Å². The summed E-state index contributed by atoms with van der Waals surface area (Å²) in [6, 6.07) is 14.0. The van der Waals surface area contributed by atoms with Gasteiger partial charge >= 0.3 is 0 Å². The maximum atomic E-state index is 13.6. The minimum Gasteiger partial charge on any atom is -0.353 e. The Morgan fingerprint density at radius 2 is 1.92 bits per heavy atom. The van der Waals surface area contributed by atoms with Crippen LogP contribution in [-0.4, -0.2) is 12.0 Å². The third-order valence-corrected chi connectivity index (χ3v) is 6.15. The molecule has 5 heteroatoms. The topological polar surface area (TPSA) is 29.5 Å². The normalized spacial score (nSPS) is 24.8. The van der Waals surface area contributed by atoms with Crippen LogP contribution in [-0.2, 0) is 21.7 Å². The fourth-order valence-electron chi connectivity index (χ4n) is 4.02. The minimum atomic E-state index is -0.941. The molecule has 0 aliphatic carbocycles. The van der Waals surface area contributed by atoms with E-state index in [1.54, 1.807) is 0 Å². The molecule has 1 amide bonds. The highest BCUT2D eigenvalue weighted by Gasteiger charge is 2.54. The summed E-state index contributed by atoms with van der Waals surface area (Å²) in [6.07, 6.45) is 2.58. The molecule has 2 aliphatic rings. The van der Waals surface area contributed by atoms with Crippen LogP contribution in [0.3, 0.4) is 0 Å². The van der Waals surface area contributed by atoms with Gasteiger partial charge in [0.2, 0.25) is 0 Å². The van der Waals surface area contributed by atoms with E-state index in [1.807, 2.05) is 54.3 Å². The highest BCUT2D eigenvalue weighted by Crippen LogP contribution is 2.51. The van der Waals surface area contributed by atoms with E-state index in [4.69, 9.17) is 4.74 Å². The van der Waals surface area contributed by atoms with Crippen molar-refractivity contribution < 1.29 is 9.53 Å². The number of rotatable bonds is 2. The summed E-state index contributed by atoms with van der Waals surface area (Å²) in [5.41, 5.74) is 3.20. The van der Waals surface area contributed by atoms with Crippen LogP contribution in [0.1, 0.15) is 31.4 Å². The van der Waals surface area contributed by atoms with E-state index in [2.05, 4.69) is 44.9 Å². The Labute approximate surface area is 170 Å². The van der Waals surface area contributed by atoms with E-state index in [9.17, 15) is 4.79 Å². The summed E-state index contributed by atoms with van der Waals surface area (Å²) in [7, 11) is 0. The monoisotopic (exact) mass is 475 g/mol. The van der Waals surface area contributed by atoms with Gasteiger partial charge in [0, 0.05) is 20.9 Å². The molecule has 0 bridgehead atoms. The lowest BCUT2D eigenvalue weighted by Gasteiger charge is -2.35. The van der Waals surface area contributed by atoms with Crippen molar-refractivity contribution in [2.45, 2.75) is 38.5 Å². The zero-order chi connectivity index (χ0) is 18.5. The number of ether oxygens (including phenoxy) is 1. The van der Waals surface area contributed by atoms with Crippen LogP contribution < -0.4 is 4.90 Å². The third kappa shape index (κ3) is 2.86. The second-order valence-electron chi connectivity index (χ2n) is 6.99. The van der Waals surface area contributed by atoms with Gasteiger partial charge in [-0.15, -0.1) is 0 Å². The van der Waals surface area contributed by atoms with Crippen LogP contribution in [0.2, 0.25) is 0 Å². The van der Waals surface area contributed by atoms with Gasteiger partial charge in [-0.25, -0.2) is 0 Å². The van der Waals surface area contributed by atoms with Crippen LogP contribution in [0.15, 0.2) is 63.1 Å². The van der Waals surface area contributed by atoms with Crippen molar-refractivity contribution in [3.05, 3.63) is 74.2 Å². The highest BCUT2D eigenvalue weighted by molar-refractivity contribution is 9.10. The highest BCUT2D eigenvalue weighted by atomic mass is 79.9. The molecule has 3 nitrogen and oxygen atoms in total. The third-order valence-electron chi connectivity index (χ3n) is 4.96. The Hall–Kier alpha value is -1.43. The van der Waals surface area contributed by atoms with Gasteiger partial charge in [-0.3, -0.25) is 4.79 Å². The number of carbonyl (C=O) groups is 1. The van der Waals surface area contributed by atoms with Crippen molar-refractivity contribution in [2.24, 2.45) is 0 Å². The maximum Gasteiger partial charge on any atom is 0.264 e. The number of benzene rings is 2. The van der Waals surface area contributed by atoms with E-state index >= 15 is 0 Å². The molecule has 0 saturated heterocycles. The Balaban J connectivity index is 1.81. The first kappa shape index (κ1) is 18.0. The summed E-state index contributed by atoms with van der Waals surface area (Å²) in [5.74, 6) is 0.0154. The number of nitrogens with zero attached hydrogens (tertiary/aromatic N) is 1. The lowest BCUT2D eigenvalue weighted by Crippen LogP contribution is -2.45. The molecule has 26 heavy (non-hydrogen) atoms. The number of anilines is 1. The summed E-state index contributed by atoms with van der Waals surface area (Å²) < 4.78 is 8.25. The molecule has 2 heterocycles. The number of amides is 1. The van der Waals surface area contributed by atoms with E-state index in [-0.39, 0.29) is 12.0 Å². The second-order valence-corrected chi connectivity index (χ2v) is 8.76. The molecule has 4 rings (SSSR count). The van der Waals surface area contributed by atoms with Gasteiger partial charge < -0.3 is 9.64 Å². The van der Waals surface area contributed by atoms with Crippen LogP contribution in [0.5, 0.6) is 0 Å². The fraction of sp³-hybridized carbons (Fsp3) is 0.286. The molecule has 134 valence electrons. The summed E-state index contributed by atoms with van der Waals surface area (Å²) >= 11 is 7.13. The maximum absolute atomic E-state index is 13.6. The largest absolute Gasteiger partial charge is 0.353 e. The molecule has 2 aliphatic heterocycles. The number of carbonyl (C=O) groups excluding carboxylic acids is 1. The van der Waals surface area contributed by atoms with Crippen molar-refractivity contribution in [2.75, 3.05) is 4.90 Å². The molecule has 1 spiro atoms. The molecular formula is C21H19Br2NO2. The van der Waals surface area contributed by atoms with Crippen LogP contribution in [0.25, 0.3) is 0 Å². The zero-order valence-electron chi connectivity index (χ0n) is 14.6. The molecule has 2 aromatic carbocycles. The van der Waals surface area contributed by atoms with Gasteiger partial charge in [-0.2, -0.15) is 0 Å². The lowest BCUT2D eigenvalue weighted by atomic mass is 9.85. The second kappa shape index (κ2) is 6.63. The number of halogens is 2. The summed E-state index contributed by atoms with van der Waals surface area (Å²) in [5, 5.41) is 0. The SMILES string of the molecule is CC1=C[C@@H](C)OC2(C1)C(=O)N(Cc1ccc(Br)cc1)c1cccc(Br)c12. The van der Waals surface area contributed by atoms with Gasteiger partial charge in [0.05, 0.1) is 18.3 Å². The van der Waals surface area contributed by atoms with E-state index in [0.29, 0.717) is 13.0 Å². The molecule has 0 radical (unpaired) electrons. The molecule has 1 unspecified atom stereocenters. The Bertz CT molecular complexity index is 907. The molecular weight excluding hydrogens is 458 g/mol. The van der Waals surface area contributed by atoms with Crippen LogP contribution >= 0.6 is 31.9 Å². The molecule has 0 N–H and O–H groups in total. The summed E-state index contributed by atoms with van der Waals surface area (Å²) in [4.78, 5) is 15.5. The quantitative estimate of drug-likeness (QED) is 0.519. The van der Waals surface area contributed by atoms with Crippen molar-refractivity contribution in [3.8, 4) is 0 Å². The van der Waals surface area contributed by atoms with E-state index in [0.717, 1.165) is 25.8 Å². The Morgan fingerprint density at radius 1 is 1.19 bits per heavy atom. The van der Waals surface area contributed by atoms with Crippen molar-refractivity contribution >= 4 is 43.5 Å². The predicted octanol–water partition coefficient (Wildman–Crippen LogP) is 5.71. The van der Waals surface area contributed by atoms with Gasteiger partial charge in [-0.1, -0.05) is 61.7 Å². The van der Waals surface area contributed by atoms with Gasteiger partial charge in [0.25, 0.3) is 5.91 Å². The van der Waals surface area contributed by atoms with Gasteiger partial charge in [0.15, 0.2) is 5.60 Å². The number of hydrogen-bond donors (Lipinski definition) is 0. The molecule has 0 aromatic heterocycles. The zero-order valence-corrected chi connectivity index (χ0v) is 17.8. The van der Waals surface area contributed by atoms with Crippen molar-refractivity contribution in [3.63, 3.8) is 0 Å². The molecule has 2 aromatic rings. The first-order valence-electron chi connectivity index (χ1n) is 8.61. The number of fused-ring (bicyclic) bond motifs is 2. The average molecular weight is 477 g/mol.